The number of hydrogen-bond acceptors (Lipinski definition) is 7. The minimum absolute atomic E-state index is 0.00610. The normalized spacial score (nSPS) is 15.1. The molecule has 1 saturated heterocycles. The highest BCUT2D eigenvalue weighted by Gasteiger charge is 2.26. The first kappa shape index (κ1) is 25.1. The van der Waals surface area contributed by atoms with E-state index in [9.17, 15) is 19.3 Å². The Bertz CT molecular complexity index is 1220. The summed E-state index contributed by atoms with van der Waals surface area (Å²) in [7, 11) is 0. The number of rotatable bonds is 8. The van der Waals surface area contributed by atoms with Gasteiger partial charge in [0.05, 0.1) is 16.7 Å². The third kappa shape index (κ3) is 5.98. The predicted molar refractivity (Wildman–Crippen MR) is 133 cm³/mol. The maximum atomic E-state index is 13.6. The number of benzene rings is 2. The number of hydrogen-bond donors (Lipinski definition) is 1. The molecule has 3 aromatic rings. The zero-order valence-electron chi connectivity index (χ0n) is 19.0. The summed E-state index contributed by atoms with van der Waals surface area (Å²) in [6.45, 7) is 4.01. The van der Waals surface area contributed by atoms with Gasteiger partial charge in [-0.2, -0.15) is 0 Å². The highest BCUT2D eigenvalue weighted by molar-refractivity contribution is 7.99. The molecule has 2 heterocycles. The molecule has 0 bridgehead atoms. The highest BCUT2D eigenvalue weighted by Crippen LogP contribution is 2.30. The number of nitro groups is 1. The molecular weight excluding hydrogens is 495 g/mol. The standard InChI is InChI=1S/C23H24ClFN6O3S/c1-15(29-11-3-2-4-12-29)22-27-28-23(30(22)18-8-5-16(25)6-9-18)35-14-21(32)26-17-7-10-19(24)20(13-17)31(33)34/h5-10,13,15H,2-4,11-12,14H2,1H3,(H,26,32)/t15-/m1/s1. The van der Waals surface area contributed by atoms with Gasteiger partial charge >= 0.3 is 0 Å². The molecule has 12 heteroatoms. The van der Waals surface area contributed by atoms with E-state index in [1.165, 1.54) is 48.5 Å². The van der Waals surface area contributed by atoms with Crippen molar-refractivity contribution in [1.82, 2.24) is 19.7 Å². The first-order valence-electron chi connectivity index (χ1n) is 11.2. The van der Waals surface area contributed by atoms with E-state index in [-0.39, 0.29) is 39.9 Å². The van der Waals surface area contributed by atoms with Crippen molar-refractivity contribution >= 4 is 40.6 Å². The molecule has 0 radical (unpaired) electrons. The Morgan fingerprint density at radius 3 is 2.60 bits per heavy atom. The fourth-order valence-electron chi connectivity index (χ4n) is 4.00. The largest absolute Gasteiger partial charge is 0.325 e. The number of carbonyl (C=O) groups is 1. The van der Waals surface area contributed by atoms with Crippen LogP contribution in [0.5, 0.6) is 0 Å². The lowest BCUT2D eigenvalue weighted by molar-refractivity contribution is -0.384. The molecule has 9 nitrogen and oxygen atoms in total. The lowest BCUT2D eigenvalue weighted by Gasteiger charge is -2.31. The molecule has 0 spiro atoms. The summed E-state index contributed by atoms with van der Waals surface area (Å²) in [5.41, 5.74) is 0.683. The molecule has 1 amide bonds. The van der Waals surface area contributed by atoms with Crippen LogP contribution in [0.3, 0.4) is 0 Å². The first-order valence-corrected chi connectivity index (χ1v) is 12.5. The molecule has 1 fully saturated rings. The molecule has 4 rings (SSSR count). The van der Waals surface area contributed by atoms with Crippen LogP contribution in [-0.2, 0) is 4.79 Å². The number of nitrogens with one attached hydrogen (secondary N) is 1. The van der Waals surface area contributed by atoms with Crippen LogP contribution in [0.25, 0.3) is 5.69 Å². The summed E-state index contributed by atoms with van der Waals surface area (Å²) in [5.74, 6) is -0.00727. The second-order valence-electron chi connectivity index (χ2n) is 8.19. The fourth-order valence-corrected chi connectivity index (χ4v) is 4.95. The van der Waals surface area contributed by atoms with Crippen LogP contribution in [0.1, 0.15) is 38.1 Å². The Hall–Kier alpha value is -3.02. The number of nitro benzene ring substituents is 1. The monoisotopic (exact) mass is 518 g/mol. The Balaban J connectivity index is 1.53. The zero-order chi connectivity index (χ0) is 24.9. The van der Waals surface area contributed by atoms with Crippen molar-refractivity contribution in [1.29, 1.82) is 0 Å². The minimum atomic E-state index is -0.608. The number of anilines is 1. The van der Waals surface area contributed by atoms with Gasteiger partial charge in [0.15, 0.2) is 11.0 Å². The summed E-state index contributed by atoms with van der Waals surface area (Å²) in [4.78, 5) is 25.4. The van der Waals surface area contributed by atoms with Crippen LogP contribution in [0.15, 0.2) is 47.6 Å². The molecule has 0 aliphatic carbocycles. The third-order valence-electron chi connectivity index (χ3n) is 5.81. The molecule has 184 valence electrons. The number of nitrogens with zero attached hydrogens (tertiary/aromatic N) is 5. The van der Waals surface area contributed by atoms with Crippen LogP contribution in [-0.4, -0.2) is 49.3 Å². The van der Waals surface area contributed by atoms with Crippen LogP contribution >= 0.6 is 23.4 Å². The van der Waals surface area contributed by atoms with Gasteiger partial charge in [-0.25, -0.2) is 4.39 Å². The average Bonchev–Trinajstić information content (AvgIpc) is 3.28. The topological polar surface area (TPSA) is 106 Å². The Kier molecular flexibility index (Phi) is 7.99. The van der Waals surface area contributed by atoms with Crippen molar-refractivity contribution in [2.75, 3.05) is 24.2 Å². The smallest absolute Gasteiger partial charge is 0.289 e. The third-order valence-corrected chi connectivity index (χ3v) is 7.06. The minimum Gasteiger partial charge on any atom is -0.325 e. The van der Waals surface area contributed by atoms with Crippen molar-refractivity contribution in [3.63, 3.8) is 0 Å². The van der Waals surface area contributed by atoms with E-state index in [4.69, 9.17) is 11.6 Å². The Morgan fingerprint density at radius 1 is 1.20 bits per heavy atom. The van der Waals surface area contributed by atoms with Gasteiger partial charge in [0.1, 0.15) is 10.8 Å². The van der Waals surface area contributed by atoms with E-state index in [0.29, 0.717) is 10.8 Å². The summed E-state index contributed by atoms with van der Waals surface area (Å²) < 4.78 is 15.4. The second-order valence-corrected chi connectivity index (χ2v) is 9.54. The Labute approximate surface area is 210 Å². The number of aromatic nitrogens is 3. The summed E-state index contributed by atoms with van der Waals surface area (Å²) in [6, 6.07) is 10.1. The van der Waals surface area contributed by atoms with Crippen molar-refractivity contribution in [2.45, 2.75) is 37.4 Å². The molecule has 0 unspecified atom stereocenters. The van der Waals surface area contributed by atoms with Gasteiger partial charge in [-0.3, -0.25) is 24.4 Å². The number of carbonyl (C=O) groups excluding carboxylic acids is 1. The van der Waals surface area contributed by atoms with Crippen molar-refractivity contribution in [3.8, 4) is 5.69 Å². The molecule has 1 aromatic heterocycles. The van der Waals surface area contributed by atoms with E-state index in [2.05, 4.69) is 27.3 Å². The second kappa shape index (κ2) is 11.1. The summed E-state index contributed by atoms with van der Waals surface area (Å²) in [6.07, 6.45) is 3.46. The predicted octanol–water partition coefficient (Wildman–Crippen LogP) is 5.25. The summed E-state index contributed by atoms with van der Waals surface area (Å²) >= 11 is 7.01. The van der Waals surface area contributed by atoms with Crippen LogP contribution in [0.2, 0.25) is 5.02 Å². The molecule has 35 heavy (non-hydrogen) atoms. The number of halogens is 2. The van der Waals surface area contributed by atoms with E-state index in [1.807, 2.05) is 4.57 Å². The highest BCUT2D eigenvalue weighted by atomic mass is 35.5. The van der Waals surface area contributed by atoms with Crippen molar-refractivity contribution < 1.29 is 14.1 Å². The van der Waals surface area contributed by atoms with Crippen molar-refractivity contribution in [2.24, 2.45) is 0 Å². The van der Waals surface area contributed by atoms with E-state index in [1.54, 1.807) is 12.1 Å². The SMILES string of the molecule is C[C@H](c1nnc(SCC(=O)Nc2ccc(Cl)c([N+](=O)[O-])c2)n1-c1ccc(F)cc1)N1CCCCC1. The number of piperidine rings is 1. The number of amides is 1. The summed E-state index contributed by atoms with van der Waals surface area (Å²) in [5, 5.41) is 23.0. The van der Waals surface area contributed by atoms with Crippen LogP contribution < -0.4 is 5.32 Å². The number of thioether (sulfide) groups is 1. The maximum absolute atomic E-state index is 13.6. The van der Waals surface area contributed by atoms with E-state index < -0.39 is 4.92 Å². The van der Waals surface area contributed by atoms with E-state index >= 15 is 0 Å². The van der Waals surface area contributed by atoms with Crippen LogP contribution in [0, 0.1) is 15.9 Å². The van der Waals surface area contributed by atoms with E-state index in [0.717, 1.165) is 31.8 Å². The van der Waals surface area contributed by atoms with Gasteiger partial charge in [0.2, 0.25) is 5.91 Å². The lowest BCUT2D eigenvalue weighted by atomic mass is 10.1. The van der Waals surface area contributed by atoms with Gasteiger partial charge in [-0.15, -0.1) is 10.2 Å². The molecule has 1 aliphatic rings. The van der Waals surface area contributed by atoms with Gasteiger partial charge in [0.25, 0.3) is 5.69 Å². The fraction of sp³-hybridized carbons (Fsp3) is 0.348. The molecule has 1 atom stereocenters. The number of likely N-dealkylation sites (tertiary alicyclic amines) is 1. The van der Waals surface area contributed by atoms with Gasteiger partial charge < -0.3 is 5.32 Å². The molecule has 0 saturated carbocycles. The average molecular weight is 519 g/mol. The quantitative estimate of drug-likeness (QED) is 0.247. The zero-order valence-corrected chi connectivity index (χ0v) is 20.6. The Morgan fingerprint density at radius 2 is 1.91 bits per heavy atom. The molecular formula is C23H24ClFN6O3S. The first-order chi connectivity index (χ1) is 16.8. The maximum Gasteiger partial charge on any atom is 0.289 e. The van der Waals surface area contributed by atoms with Gasteiger partial charge in [-0.05, 0) is 69.3 Å². The van der Waals surface area contributed by atoms with Crippen LogP contribution in [0.4, 0.5) is 15.8 Å². The molecule has 2 aromatic carbocycles. The van der Waals surface area contributed by atoms with Gasteiger partial charge in [-0.1, -0.05) is 29.8 Å². The van der Waals surface area contributed by atoms with Gasteiger partial charge in [0, 0.05) is 17.4 Å². The lowest BCUT2D eigenvalue weighted by Crippen LogP contribution is -2.33. The molecule has 1 aliphatic heterocycles. The molecule has 1 N–H and O–H groups in total. The van der Waals surface area contributed by atoms with Crippen molar-refractivity contribution in [3.05, 3.63) is 69.2 Å².